The van der Waals surface area contributed by atoms with Gasteiger partial charge in [0.05, 0.1) is 0 Å². The fourth-order valence-electron chi connectivity index (χ4n) is 1.87. The van der Waals surface area contributed by atoms with Gasteiger partial charge in [-0.3, -0.25) is 21.2 Å². The number of aryl methyl sites for hydroxylation is 2. The zero-order chi connectivity index (χ0) is 12.8. The number of hydrogen-bond acceptors (Lipinski definition) is 4. The Labute approximate surface area is 107 Å². The summed E-state index contributed by atoms with van der Waals surface area (Å²) in [6.07, 6.45) is 5.48. The second-order valence-corrected chi connectivity index (χ2v) is 4.31. The number of nitrogens with two attached hydrogens (primary N) is 1. The van der Waals surface area contributed by atoms with E-state index in [1.54, 1.807) is 0 Å². The minimum Gasteiger partial charge on any atom is -0.271 e. The molecule has 0 saturated carbocycles. The van der Waals surface area contributed by atoms with Crippen LogP contribution in [0.2, 0.25) is 0 Å². The Balaban J connectivity index is 1.99. The molecule has 2 heterocycles. The number of hydrogen-bond donors (Lipinski definition) is 2. The summed E-state index contributed by atoms with van der Waals surface area (Å²) in [5, 5.41) is 0. The summed E-state index contributed by atoms with van der Waals surface area (Å²) in [7, 11) is 0. The van der Waals surface area contributed by atoms with E-state index in [-0.39, 0.29) is 6.04 Å². The van der Waals surface area contributed by atoms with Crippen molar-refractivity contribution in [3.63, 3.8) is 0 Å². The smallest absolute Gasteiger partial charge is 0.0478 e. The minimum absolute atomic E-state index is 0.111. The summed E-state index contributed by atoms with van der Waals surface area (Å²) < 4.78 is 0. The molecule has 3 N–H and O–H groups in total. The van der Waals surface area contributed by atoms with Crippen molar-refractivity contribution in [1.82, 2.24) is 15.4 Å². The van der Waals surface area contributed by atoms with Crippen molar-refractivity contribution in [2.45, 2.75) is 25.8 Å². The summed E-state index contributed by atoms with van der Waals surface area (Å²) >= 11 is 0. The van der Waals surface area contributed by atoms with Crippen molar-refractivity contribution in [1.29, 1.82) is 0 Å². The van der Waals surface area contributed by atoms with E-state index in [1.807, 2.05) is 43.6 Å². The molecule has 4 nitrogen and oxygen atoms in total. The Morgan fingerprint density at radius 2 is 2.11 bits per heavy atom. The third kappa shape index (κ3) is 3.35. The summed E-state index contributed by atoms with van der Waals surface area (Å²) in [6, 6.07) is 10.1. The lowest BCUT2D eigenvalue weighted by Gasteiger charge is -2.15. The molecule has 1 atom stereocenters. The van der Waals surface area contributed by atoms with Crippen LogP contribution in [-0.4, -0.2) is 9.97 Å². The number of hydrazine groups is 1. The number of nitrogens with one attached hydrogen (secondary N) is 1. The summed E-state index contributed by atoms with van der Waals surface area (Å²) in [4.78, 5) is 8.60. The average Bonchev–Trinajstić information content (AvgIpc) is 2.42. The predicted molar refractivity (Wildman–Crippen MR) is 71.6 cm³/mol. The first-order valence-corrected chi connectivity index (χ1v) is 6.08. The van der Waals surface area contributed by atoms with Crippen LogP contribution in [0.4, 0.5) is 0 Å². The molecule has 2 aromatic heterocycles. The SMILES string of the molecule is Cc1ccc(C(CCc2ccccn2)NN)cn1. The first-order chi connectivity index (χ1) is 8.79. The standard InChI is InChI=1S/C14H18N4/c1-11-5-6-12(10-17-11)14(18-15)8-7-13-4-2-3-9-16-13/h2-6,9-10,14,18H,7-8,15H2,1H3. The van der Waals surface area contributed by atoms with Crippen LogP contribution in [0.15, 0.2) is 42.7 Å². The molecule has 4 heteroatoms. The minimum atomic E-state index is 0.111. The van der Waals surface area contributed by atoms with Gasteiger partial charge in [0, 0.05) is 29.8 Å². The van der Waals surface area contributed by atoms with E-state index in [2.05, 4.69) is 21.5 Å². The monoisotopic (exact) mass is 242 g/mol. The van der Waals surface area contributed by atoms with E-state index in [0.29, 0.717) is 0 Å². The normalized spacial score (nSPS) is 12.3. The highest BCUT2D eigenvalue weighted by Crippen LogP contribution is 2.17. The van der Waals surface area contributed by atoms with E-state index < -0.39 is 0 Å². The summed E-state index contributed by atoms with van der Waals surface area (Å²) in [5.41, 5.74) is 6.04. The highest BCUT2D eigenvalue weighted by molar-refractivity contribution is 5.17. The molecule has 2 rings (SSSR count). The fourth-order valence-corrected chi connectivity index (χ4v) is 1.87. The quantitative estimate of drug-likeness (QED) is 0.621. The van der Waals surface area contributed by atoms with Crippen LogP contribution in [0.3, 0.4) is 0 Å². The van der Waals surface area contributed by atoms with Gasteiger partial charge in [-0.1, -0.05) is 12.1 Å². The van der Waals surface area contributed by atoms with Crippen molar-refractivity contribution in [3.8, 4) is 0 Å². The maximum Gasteiger partial charge on any atom is 0.0478 e. The van der Waals surface area contributed by atoms with Gasteiger partial charge >= 0.3 is 0 Å². The lowest BCUT2D eigenvalue weighted by Crippen LogP contribution is -2.28. The molecule has 0 aromatic carbocycles. The second kappa shape index (κ2) is 6.23. The summed E-state index contributed by atoms with van der Waals surface area (Å²) in [6.45, 7) is 1.97. The van der Waals surface area contributed by atoms with Crippen molar-refractivity contribution in [3.05, 3.63) is 59.7 Å². The van der Waals surface area contributed by atoms with E-state index in [0.717, 1.165) is 29.8 Å². The van der Waals surface area contributed by atoms with Crippen molar-refractivity contribution in [2.75, 3.05) is 0 Å². The molecule has 94 valence electrons. The Morgan fingerprint density at radius 3 is 2.72 bits per heavy atom. The number of nitrogens with zero attached hydrogens (tertiary/aromatic N) is 2. The molecule has 0 saturated heterocycles. The van der Waals surface area contributed by atoms with E-state index >= 15 is 0 Å². The van der Waals surface area contributed by atoms with E-state index in [4.69, 9.17) is 5.84 Å². The highest BCUT2D eigenvalue weighted by Gasteiger charge is 2.10. The second-order valence-electron chi connectivity index (χ2n) is 4.31. The van der Waals surface area contributed by atoms with Crippen LogP contribution in [0.25, 0.3) is 0 Å². The van der Waals surface area contributed by atoms with Crippen LogP contribution in [0.5, 0.6) is 0 Å². The first kappa shape index (κ1) is 12.7. The molecular formula is C14H18N4. The van der Waals surface area contributed by atoms with Gasteiger partial charge in [0.25, 0.3) is 0 Å². The Hall–Kier alpha value is -1.78. The van der Waals surface area contributed by atoms with Gasteiger partial charge in [-0.2, -0.15) is 0 Å². The largest absolute Gasteiger partial charge is 0.271 e. The number of rotatable bonds is 5. The van der Waals surface area contributed by atoms with Gasteiger partial charge in [-0.15, -0.1) is 0 Å². The molecule has 0 bridgehead atoms. The zero-order valence-corrected chi connectivity index (χ0v) is 10.5. The molecule has 0 aliphatic heterocycles. The van der Waals surface area contributed by atoms with Crippen molar-refractivity contribution < 1.29 is 0 Å². The molecule has 1 unspecified atom stereocenters. The molecule has 2 aromatic rings. The average molecular weight is 242 g/mol. The topological polar surface area (TPSA) is 63.8 Å². The maximum atomic E-state index is 5.61. The number of aromatic nitrogens is 2. The Morgan fingerprint density at radius 1 is 1.22 bits per heavy atom. The highest BCUT2D eigenvalue weighted by atomic mass is 15.2. The Bertz CT molecular complexity index is 467. The van der Waals surface area contributed by atoms with E-state index in [9.17, 15) is 0 Å². The van der Waals surface area contributed by atoms with Crippen LogP contribution < -0.4 is 11.3 Å². The van der Waals surface area contributed by atoms with Gasteiger partial charge in [0.1, 0.15) is 0 Å². The van der Waals surface area contributed by atoms with Gasteiger partial charge in [-0.05, 0) is 43.5 Å². The lowest BCUT2D eigenvalue weighted by molar-refractivity contribution is 0.512. The molecule has 0 aliphatic carbocycles. The molecule has 0 spiro atoms. The van der Waals surface area contributed by atoms with Gasteiger partial charge in [0.15, 0.2) is 0 Å². The maximum absolute atomic E-state index is 5.61. The predicted octanol–water partition coefficient (Wildman–Crippen LogP) is 1.92. The summed E-state index contributed by atoms with van der Waals surface area (Å²) in [5.74, 6) is 5.61. The lowest BCUT2D eigenvalue weighted by atomic mass is 10.0. The van der Waals surface area contributed by atoms with Crippen LogP contribution in [0.1, 0.15) is 29.4 Å². The van der Waals surface area contributed by atoms with Gasteiger partial charge in [-0.25, -0.2) is 0 Å². The molecule has 0 aliphatic rings. The number of pyridine rings is 2. The van der Waals surface area contributed by atoms with E-state index in [1.165, 1.54) is 0 Å². The molecule has 0 radical (unpaired) electrons. The molecule has 0 amide bonds. The van der Waals surface area contributed by atoms with Crippen LogP contribution in [-0.2, 0) is 6.42 Å². The van der Waals surface area contributed by atoms with Crippen LogP contribution >= 0.6 is 0 Å². The molecule has 0 fully saturated rings. The first-order valence-electron chi connectivity index (χ1n) is 6.08. The van der Waals surface area contributed by atoms with Crippen molar-refractivity contribution in [2.24, 2.45) is 5.84 Å². The third-order valence-electron chi connectivity index (χ3n) is 2.95. The third-order valence-corrected chi connectivity index (χ3v) is 2.95. The van der Waals surface area contributed by atoms with Gasteiger partial charge < -0.3 is 0 Å². The van der Waals surface area contributed by atoms with Gasteiger partial charge in [0.2, 0.25) is 0 Å². The molecular weight excluding hydrogens is 224 g/mol. The van der Waals surface area contributed by atoms with Crippen LogP contribution in [0, 0.1) is 6.92 Å². The fraction of sp³-hybridized carbons (Fsp3) is 0.286. The zero-order valence-electron chi connectivity index (χ0n) is 10.5. The molecule has 18 heavy (non-hydrogen) atoms. The van der Waals surface area contributed by atoms with Crippen molar-refractivity contribution >= 4 is 0 Å². The Kier molecular flexibility index (Phi) is 4.39.